The zero-order valence-corrected chi connectivity index (χ0v) is 15.7. The molecule has 142 valence electrons. The first-order valence-electron chi connectivity index (χ1n) is 8.33. The molecule has 1 aliphatic rings. The predicted molar refractivity (Wildman–Crippen MR) is 101 cm³/mol. The number of carbonyl (C=O) groups excluding carboxylic acids is 2. The van der Waals surface area contributed by atoms with E-state index in [9.17, 15) is 19.2 Å². The average Bonchev–Trinajstić information content (AvgIpc) is 3.07. The van der Waals surface area contributed by atoms with Crippen molar-refractivity contribution in [3.05, 3.63) is 68.5 Å². The Morgan fingerprint density at radius 1 is 1.26 bits per heavy atom. The number of amides is 1. The molecule has 1 amide bonds. The van der Waals surface area contributed by atoms with Gasteiger partial charge in [0, 0.05) is 18.7 Å². The lowest BCUT2D eigenvalue weighted by Gasteiger charge is -2.21. The number of H-pyrrole nitrogens is 1. The number of rotatable bonds is 4. The van der Waals surface area contributed by atoms with Gasteiger partial charge in [0.25, 0.3) is 5.56 Å². The molecule has 27 heavy (non-hydrogen) atoms. The predicted octanol–water partition coefficient (Wildman–Crippen LogP) is 1.12. The largest absolute Gasteiger partial charge is 0.459 e. The van der Waals surface area contributed by atoms with Gasteiger partial charge in [-0.3, -0.25) is 19.1 Å². The summed E-state index contributed by atoms with van der Waals surface area (Å²) in [5.74, 6) is -0.653. The third kappa shape index (κ3) is 4.13. The van der Waals surface area contributed by atoms with Crippen molar-refractivity contribution in [1.29, 1.82) is 0 Å². The molecular weight excluding hydrogens is 370 g/mol. The summed E-state index contributed by atoms with van der Waals surface area (Å²) in [5.41, 5.74) is -0.132. The SMILES string of the molecule is CC(=O)N1C[C@@H](n2cc(C)c(=O)[nH]c2=O)S[C@@H]1COC(=O)c1ccccc1. The summed E-state index contributed by atoms with van der Waals surface area (Å²) in [6, 6.07) is 8.58. The molecule has 1 aromatic heterocycles. The van der Waals surface area contributed by atoms with Crippen molar-refractivity contribution >= 4 is 23.6 Å². The minimum absolute atomic E-state index is 0.00552. The van der Waals surface area contributed by atoms with Crippen LogP contribution in [0.3, 0.4) is 0 Å². The third-order valence-corrected chi connectivity index (χ3v) is 5.64. The maximum atomic E-state index is 12.1. The minimum Gasteiger partial charge on any atom is -0.459 e. The van der Waals surface area contributed by atoms with Crippen LogP contribution in [0.5, 0.6) is 0 Å². The minimum atomic E-state index is -0.534. The Labute approximate surface area is 159 Å². The Morgan fingerprint density at radius 3 is 2.63 bits per heavy atom. The average molecular weight is 389 g/mol. The number of hydrogen-bond donors (Lipinski definition) is 1. The van der Waals surface area contributed by atoms with E-state index in [0.29, 0.717) is 11.1 Å². The molecule has 1 fully saturated rings. The van der Waals surface area contributed by atoms with Gasteiger partial charge in [0.05, 0.1) is 12.1 Å². The van der Waals surface area contributed by atoms with Crippen LogP contribution >= 0.6 is 11.8 Å². The summed E-state index contributed by atoms with van der Waals surface area (Å²) >= 11 is 1.33. The zero-order chi connectivity index (χ0) is 19.6. The summed E-state index contributed by atoms with van der Waals surface area (Å²) in [7, 11) is 0. The number of aryl methyl sites for hydroxylation is 1. The number of ether oxygens (including phenoxy) is 1. The van der Waals surface area contributed by atoms with Crippen molar-refractivity contribution in [2.45, 2.75) is 24.6 Å². The van der Waals surface area contributed by atoms with E-state index in [1.165, 1.54) is 29.4 Å². The first-order chi connectivity index (χ1) is 12.9. The second kappa shape index (κ2) is 7.83. The van der Waals surface area contributed by atoms with Gasteiger partial charge in [0.2, 0.25) is 5.91 Å². The molecule has 1 N–H and O–H groups in total. The molecule has 1 saturated heterocycles. The highest BCUT2D eigenvalue weighted by Gasteiger charge is 2.36. The third-order valence-electron chi connectivity index (χ3n) is 4.24. The van der Waals surface area contributed by atoms with Crippen LogP contribution < -0.4 is 11.2 Å². The van der Waals surface area contributed by atoms with Gasteiger partial charge < -0.3 is 9.64 Å². The highest BCUT2D eigenvalue weighted by Crippen LogP contribution is 2.37. The van der Waals surface area contributed by atoms with Crippen molar-refractivity contribution in [2.75, 3.05) is 13.2 Å². The molecule has 2 aromatic rings. The van der Waals surface area contributed by atoms with E-state index < -0.39 is 22.6 Å². The number of benzene rings is 1. The Hall–Kier alpha value is -2.81. The monoisotopic (exact) mass is 389 g/mol. The number of nitrogens with one attached hydrogen (secondary N) is 1. The number of carbonyl (C=O) groups is 2. The lowest BCUT2D eigenvalue weighted by molar-refractivity contribution is -0.129. The Kier molecular flexibility index (Phi) is 5.50. The first kappa shape index (κ1) is 19.0. The molecule has 1 aliphatic heterocycles. The maximum Gasteiger partial charge on any atom is 0.338 e. The van der Waals surface area contributed by atoms with E-state index in [4.69, 9.17) is 4.74 Å². The molecule has 8 nitrogen and oxygen atoms in total. The van der Waals surface area contributed by atoms with E-state index in [0.717, 1.165) is 0 Å². The van der Waals surface area contributed by atoms with Gasteiger partial charge >= 0.3 is 11.7 Å². The Bertz CT molecular complexity index is 969. The molecule has 0 aliphatic carbocycles. The molecule has 0 saturated carbocycles. The fourth-order valence-corrected chi connectivity index (χ4v) is 4.23. The summed E-state index contributed by atoms with van der Waals surface area (Å²) in [6.45, 7) is 3.32. The molecular formula is C18H19N3O5S. The van der Waals surface area contributed by atoms with Crippen LogP contribution in [0.1, 0.15) is 28.2 Å². The number of thioether (sulfide) groups is 1. The topological polar surface area (TPSA) is 101 Å². The number of aromatic nitrogens is 2. The van der Waals surface area contributed by atoms with E-state index in [1.807, 2.05) is 0 Å². The molecule has 0 spiro atoms. The number of hydrogen-bond acceptors (Lipinski definition) is 6. The van der Waals surface area contributed by atoms with Crippen molar-refractivity contribution in [3.8, 4) is 0 Å². The van der Waals surface area contributed by atoms with Gasteiger partial charge in [-0.1, -0.05) is 18.2 Å². The first-order valence-corrected chi connectivity index (χ1v) is 9.28. The summed E-state index contributed by atoms with van der Waals surface area (Å²) in [6.07, 6.45) is 1.48. The van der Waals surface area contributed by atoms with E-state index in [2.05, 4.69) is 4.98 Å². The lowest BCUT2D eigenvalue weighted by Crippen LogP contribution is -2.37. The highest BCUT2D eigenvalue weighted by molar-refractivity contribution is 8.00. The van der Waals surface area contributed by atoms with Gasteiger partial charge in [-0.05, 0) is 19.1 Å². The maximum absolute atomic E-state index is 12.1. The van der Waals surface area contributed by atoms with Crippen LogP contribution in [0.15, 0.2) is 46.1 Å². The molecule has 9 heteroatoms. The fraction of sp³-hybridized carbons (Fsp3) is 0.333. The lowest BCUT2D eigenvalue weighted by atomic mass is 10.2. The van der Waals surface area contributed by atoms with Crippen LogP contribution in [0, 0.1) is 6.92 Å². The van der Waals surface area contributed by atoms with Crippen LogP contribution in [0.2, 0.25) is 0 Å². The molecule has 2 atom stereocenters. The zero-order valence-electron chi connectivity index (χ0n) is 14.9. The van der Waals surface area contributed by atoms with Crippen molar-refractivity contribution in [3.63, 3.8) is 0 Å². The standard InChI is InChI=1S/C18H19N3O5S/c1-11-8-21(18(25)19-16(11)23)14-9-20(12(2)22)15(27-14)10-26-17(24)13-6-4-3-5-7-13/h3-8,14-15H,9-10H2,1-2H3,(H,19,23,25)/t14-,15+/m0/s1. The van der Waals surface area contributed by atoms with Gasteiger partial charge in [0.15, 0.2) is 0 Å². The quantitative estimate of drug-likeness (QED) is 0.787. The van der Waals surface area contributed by atoms with E-state index in [-0.39, 0.29) is 24.4 Å². The van der Waals surface area contributed by atoms with E-state index >= 15 is 0 Å². The number of aromatic amines is 1. The van der Waals surface area contributed by atoms with Gasteiger partial charge in [-0.25, -0.2) is 9.59 Å². The van der Waals surface area contributed by atoms with Gasteiger partial charge in [0.1, 0.15) is 17.4 Å². The van der Waals surface area contributed by atoms with Gasteiger partial charge in [-0.15, -0.1) is 11.8 Å². The van der Waals surface area contributed by atoms with Crippen LogP contribution in [-0.4, -0.2) is 44.9 Å². The number of nitrogens with zero attached hydrogens (tertiary/aromatic N) is 2. The molecule has 0 unspecified atom stereocenters. The fourth-order valence-electron chi connectivity index (χ4n) is 2.80. The second-order valence-electron chi connectivity index (χ2n) is 6.16. The van der Waals surface area contributed by atoms with Crippen molar-refractivity contribution in [1.82, 2.24) is 14.5 Å². The van der Waals surface area contributed by atoms with E-state index in [1.54, 1.807) is 42.2 Å². The molecule has 1 aromatic carbocycles. The number of esters is 1. The van der Waals surface area contributed by atoms with Crippen LogP contribution in [0.4, 0.5) is 0 Å². The molecule has 0 radical (unpaired) electrons. The van der Waals surface area contributed by atoms with Gasteiger partial charge in [-0.2, -0.15) is 0 Å². The van der Waals surface area contributed by atoms with Crippen LogP contribution in [0.25, 0.3) is 0 Å². The highest BCUT2D eigenvalue weighted by atomic mass is 32.2. The van der Waals surface area contributed by atoms with Crippen molar-refractivity contribution < 1.29 is 14.3 Å². The molecule has 3 rings (SSSR count). The Balaban J connectivity index is 1.75. The second-order valence-corrected chi connectivity index (χ2v) is 7.52. The Morgan fingerprint density at radius 2 is 1.96 bits per heavy atom. The normalized spacial score (nSPS) is 19.1. The summed E-state index contributed by atoms with van der Waals surface area (Å²) < 4.78 is 6.75. The smallest absolute Gasteiger partial charge is 0.338 e. The summed E-state index contributed by atoms with van der Waals surface area (Å²) in [4.78, 5) is 51.6. The molecule has 2 heterocycles. The summed E-state index contributed by atoms with van der Waals surface area (Å²) in [5, 5.41) is -0.795. The van der Waals surface area contributed by atoms with Crippen LogP contribution in [-0.2, 0) is 9.53 Å². The van der Waals surface area contributed by atoms with Crippen molar-refractivity contribution in [2.24, 2.45) is 0 Å². The molecule has 0 bridgehead atoms.